The zero-order chi connectivity index (χ0) is 15.4. The molecule has 0 unspecified atom stereocenters. The average Bonchev–Trinajstić information content (AvgIpc) is 2.87. The molecule has 0 fully saturated rings. The third-order valence-corrected chi connectivity index (χ3v) is 3.78. The Bertz CT molecular complexity index is 638. The van der Waals surface area contributed by atoms with Gasteiger partial charge in [-0.3, -0.25) is 4.68 Å². The largest absolute Gasteiger partial charge is 0.478 e. The van der Waals surface area contributed by atoms with E-state index < -0.39 is 5.97 Å². The topological polar surface area (TPSA) is 64.4 Å². The summed E-state index contributed by atoms with van der Waals surface area (Å²) in [5.74, 6) is 0.682. The fourth-order valence-electron chi connectivity index (χ4n) is 1.87. The van der Waals surface area contributed by atoms with Crippen molar-refractivity contribution in [3.05, 3.63) is 36.2 Å². The number of aromatic carboxylic acids is 1. The first kappa shape index (κ1) is 15.4. The number of carboxylic acid groups (broad SMARTS) is 1. The molecule has 6 heteroatoms. The maximum atomic E-state index is 11.5. The summed E-state index contributed by atoms with van der Waals surface area (Å²) in [6.45, 7) is 6.01. The summed E-state index contributed by atoms with van der Waals surface area (Å²) < 4.78 is 7.48. The molecule has 0 amide bonds. The molecular formula is C15H18N2O3S. The van der Waals surface area contributed by atoms with E-state index in [2.05, 4.69) is 5.10 Å². The Morgan fingerprint density at radius 3 is 2.81 bits per heavy atom. The standard InChI is InChI=1S/C15H18N2O3S/c1-4-21-13-7-5-6-12(14(13)15(18)19)20-11-8-16-17(9-11)10(2)3/h5-10H,4H2,1-3H3,(H,18,19). The summed E-state index contributed by atoms with van der Waals surface area (Å²) in [5.41, 5.74) is 0.196. The number of thioether (sulfide) groups is 1. The van der Waals surface area contributed by atoms with Crippen molar-refractivity contribution in [2.75, 3.05) is 5.75 Å². The molecular weight excluding hydrogens is 288 g/mol. The summed E-state index contributed by atoms with van der Waals surface area (Å²) in [6.07, 6.45) is 3.35. The highest BCUT2D eigenvalue weighted by Crippen LogP contribution is 2.33. The van der Waals surface area contributed by atoms with E-state index in [0.29, 0.717) is 16.4 Å². The number of ether oxygens (including phenoxy) is 1. The SMILES string of the molecule is CCSc1cccc(Oc2cnn(C(C)C)c2)c1C(=O)O. The summed E-state index contributed by atoms with van der Waals surface area (Å²) in [4.78, 5) is 12.2. The maximum Gasteiger partial charge on any atom is 0.340 e. The zero-order valence-electron chi connectivity index (χ0n) is 12.2. The van der Waals surface area contributed by atoms with Gasteiger partial charge in [-0.05, 0) is 31.7 Å². The van der Waals surface area contributed by atoms with E-state index in [1.165, 1.54) is 11.8 Å². The molecule has 0 aliphatic rings. The van der Waals surface area contributed by atoms with Crippen LogP contribution in [-0.4, -0.2) is 26.6 Å². The van der Waals surface area contributed by atoms with Gasteiger partial charge in [0.05, 0.1) is 12.4 Å². The lowest BCUT2D eigenvalue weighted by Gasteiger charge is -2.10. The minimum atomic E-state index is -0.988. The molecule has 2 rings (SSSR count). The van der Waals surface area contributed by atoms with Crippen LogP contribution in [0.3, 0.4) is 0 Å². The predicted molar refractivity (Wildman–Crippen MR) is 82.5 cm³/mol. The molecule has 0 saturated carbocycles. The van der Waals surface area contributed by atoms with Crippen LogP contribution in [0.2, 0.25) is 0 Å². The van der Waals surface area contributed by atoms with Gasteiger partial charge in [0.2, 0.25) is 0 Å². The van der Waals surface area contributed by atoms with Crippen LogP contribution in [0.25, 0.3) is 0 Å². The molecule has 21 heavy (non-hydrogen) atoms. The van der Waals surface area contributed by atoms with Gasteiger partial charge in [0.15, 0.2) is 5.75 Å². The van der Waals surface area contributed by atoms with Gasteiger partial charge >= 0.3 is 5.97 Å². The highest BCUT2D eigenvalue weighted by Gasteiger charge is 2.18. The molecule has 0 bridgehead atoms. The number of carboxylic acids is 1. The third-order valence-electron chi connectivity index (χ3n) is 2.84. The number of aromatic nitrogens is 2. The second-order valence-electron chi connectivity index (χ2n) is 4.72. The maximum absolute atomic E-state index is 11.5. The molecule has 1 aromatic carbocycles. The van der Waals surface area contributed by atoms with Crippen LogP contribution >= 0.6 is 11.8 Å². The van der Waals surface area contributed by atoms with Crippen molar-refractivity contribution in [2.24, 2.45) is 0 Å². The Labute approximate surface area is 127 Å². The molecule has 0 aliphatic heterocycles. The van der Waals surface area contributed by atoms with Crippen molar-refractivity contribution in [3.8, 4) is 11.5 Å². The summed E-state index contributed by atoms with van der Waals surface area (Å²) in [6, 6.07) is 5.48. The Hall–Kier alpha value is -1.95. The molecule has 2 aromatic rings. The number of hydrogen-bond acceptors (Lipinski definition) is 4. The highest BCUT2D eigenvalue weighted by molar-refractivity contribution is 7.99. The lowest BCUT2D eigenvalue weighted by Crippen LogP contribution is -2.02. The quantitative estimate of drug-likeness (QED) is 0.815. The van der Waals surface area contributed by atoms with Crippen molar-refractivity contribution in [2.45, 2.75) is 31.7 Å². The molecule has 1 aromatic heterocycles. The van der Waals surface area contributed by atoms with E-state index in [1.54, 1.807) is 35.3 Å². The normalized spacial score (nSPS) is 10.9. The van der Waals surface area contributed by atoms with Gasteiger partial charge in [-0.25, -0.2) is 4.79 Å². The summed E-state index contributed by atoms with van der Waals surface area (Å²) >= 11 is 1.48. The molecule has 1 N–H and O–H groups in total. The van der Waals surface area contributed by atoms with Crippen LogP contribution in [0.15, 0.2) is 35.5 Å². The van der Waals surface area contributed by atoms with Crippen molar-refractivity contribution in [1.82, 2.24) is 9.78 Å². The van der Waals surface area contributed by atoms with E-state index in [0.717, 1.165) is 5.75 Å². The Balaban J connectivity index is 2.34. The highest BCUT2D eigenvalue weighted by atomic mass is 32.2. The first-order chi connectivity index (χ1) is 10.0. The molecule has 1 heterocycles. The second kappa shape index (κ2) is 6.67. The van der Waals surface area contributed by atoms with Gasteiger partial charge in [0, 0.05) is 10.9 Å². The van der Waals surface area contributed by atoms with Crippen molar-refractivity contribution >= 4 is 17.7 Å². The van der Waals surface area contributed by atoms with Crippen molar-refractivity contribution in [1.29, 1.82) is 0 Å². The molecule has 0 radical (unpaired) electrons. The van der Waals surface area contributed by atoms with E-state index in [9.17, 15) is 9.90 Å². The van der Waals surface area contributed by atoms with Gasteiger partial charge in [0.1, 0.15) is 11.3 Å². The molecule has 0 spiro atoms. The van der Waals surface area contributed by atoms with Crippen LogP contribution < -0.4 is 4.74 Å². The van der Waals surface area contributed by atoms with E-state index in [-0.39, 0.29) is 11.6 Å². The van der Waals surface area contributed by atoms with Gasteiger partial charge in [0.25, 0.3) is 0 Å². The summed E-state index contributed by atoms with van der Waals surface area (Å²) in [7, 11) is 0. The smallest absolute Gasteiger partial charge is 0.340 e. The fraction of sp³-hybridized carbons (Fsp3) is 0.333. The van der Waals surface area contributed by atoms with Crippen LogP contribution in [0, 0.1) is 0 Å². The van der Waals surface area contributed by atoms with Crippen molar-refractivity contribution in [3.63, 3.8) is 0 Å². The number of hydrogen-bond donors (Lipinski definition) is 1. The van der Waals surface area contributed by atoms with Crippen LogP contribution in [-0.2, 0) is 0 Å². The molecule has 0 aliphatic carbocycles. The average molecular weight is 306 g/mol. The van der Waals surface area contributed by atoms with Gasteiger partial charge in [-0.1, -0.05) is 13.0 Å². The number of benzene rings is 1. The Morgan fingerprint density at radius 2 is 2.24 bits per heavy atom. The number of carbonyl (C=O) groups is 1. The Kier molecular flexibility index (Phi) is 4.90. The lowest BCUT2D eigenvalue weighted by molar-refractivity contribution is 0.0690. The van der Waals surface area contributed by atoms with Gasteiger partial charge in [-0.2, -0.15) is 5.10 Å². The fourth-order valence-corrected chi connectivity index (χ4v) is 2.68. The Morgan fingerprint density at radius 1 is 1.48 bits per heavy atom. The van der Waals surface area contributed by atoms with E-state index in [4.69, 9.17) is 4.74 Å². The van der Waals surface area contributed by atoms with Gasteiger partial charge in [-0.15, -0.1) is 11.8 Å². The van der Waals surface area contributed by atoms with Crippen LogP contribution in [0.4, 0.5) is 0 Å². The van der Waals surface area contributed by atoms with Crippen LogP contribution in [0.5, 0.6) is 11.5 Å². The molecule has 0 saturated heterocycles. The minimum Gasteiger partial charge on any atom is -0.478 e. The second-order valence-corrected chi connectivity index (χ2v) is 6.03. The van der Waals surface area contributed by atoms with E-state index >= 15 is 0 Å². The third kappa shape index (κ3) is 3.58. The molecule has 0 atom stereocenters. The zero-order valence-corrected chi connectivity index (χ0v) is 13.1. The lowest BCUT2D eigenvalue weighted by atomic mass is 10.2. The van der Waals surface area contributed by atoms with E-state index in [1.807, 2.05) is 20.8 Å². The molecule has 112 valence electrons. The first-order valence-corrected chi connectivity index (χ1v) is 7.72. The van der Waals surface area contributed by atoms with Gasteiger partial charge < -0.3 is 9.84 Å². The minimum absolute atomic E-state index is 0.196. The summed E-state index contributed by atoms with van der Waals surface area (Å²) in [5, 5.41) is 13.6. The monoisotopic (exact) mass is 306 g/mol. The number of rotatable bonds is 6. The predicted octanol–water partition coefficient (Wildman–Crippen LogP) is 4.07. The molecule has 5 nitrogen and oxygen atoms in total. The van der Waals surface area contributed by atoms with Crippen molar-refractivity contribution < 1.29 is 14.6 Å². The first-order valence-electron chi connectivity index (χ1n) is 6.74. The number of nitrogens with zero attached hydrogens (tertiary/aromatic N) is 2. The van der Waals surface area contributed by atoms with Crippen LogP contribution in [0.1, 0.15) is 37.2 Å².